The second-order valence-electron chi connectivity index (χ2n) is 5.65. The minimum absolute atomic E-state index is 0.0861. The molecule has 3 nitrogen and oxygen atoms in total. The van der Waals surface area contributed by atoms with E-state index < -0.39 is 0 Å². The fraction of sp³-hybridized carbons (Fsp3) is 0.222. The smallest absolute Gasteiger partial charge is 0.258 e. The number of fused-ring (bicyclic) bond motifs is 2. The Hall–Kier alpha value is -2.42. The predicted octanol–water partition coefficient (Wildman–Crippen LogP) is 3.47. The Labute approximate surface area is 122 Å². The first-order chi connectivity index (χ1) is 10.3. The molecule has 4 rings (SSSR count). The summed E-state index contributed by atoms with van der Waals surface area (Å²) < 4.78 is 0. The molecule has 1 heterocycles. The van der Waals surface area contributed by atoms with Crippen LogP contribution in [-0.4, -0.2) is 9.97 Å². The average molecular weight is 276 g/mol. The summed E-state index contributed by atoms with van der Waals surface area (Å²) in [5.74, 6) is 0. The zero-order chi connectivity index (χ0) is 14.2. The van der Waals surface area contributed by atoms with Crippen LogP contribution >= 0.6 is 0 Å². The van der Waals surface area contributed by atoms with Crippen molar-refractivity contribution in [3.8, 4) is 11.1 Å². The largest absolute Gasteiger partial charge is 0.313 e. The molecule has 0 radical (unpaired) electrons. The van der Waals surface area contributed by atoms with E-state index in [4.69, 9.17) is 0 Å². The number of aromatic nitrogens is 2. The van der Waals surface area contributed by atoms with Gasteiger partial charge in [-0.1, -0.05) is 24.3 Å². The quantitative estimate of drug-likeness (QED) is 0.739. The number of aryl methyl sites for hydroxylation is 2. The molecule has 0 spiro atoms. The van der Waals surface area contributed by atoms with E-state index in [0.29, 0.717) is 5.39 Å². The normalized spacial score (nSPS) is 14.1. The summed E-state index contributed by atoms with van der Waals surface area (Å²) in [6.07, 6.45) is 6.42. The van der Waals surface area contributed by atoms with E-state index in [2.05, 4.69) is 28.2 Å². The Morgan fingerprint density at radius 3 is 2.57 bits per heavy atom. The Balaban J connectivity index is 1.84. The van der Waals surface area contributed by atoms with Gasteiger partial charge in [0.1, 0.15) is 0 Å². The first-order valence-corrected chi connectivity index (χ1v) is 7.41. The lowest BCUT2D eigenvalue weighted by atomic mass is 9.89. The maximum Gasteiger partial charge on any atom is 0.258 e. The van der Waals surface area contributed by atoms with E-state index in [1.165, 1.54) is 48.7 Å². The lowest BCUT2D eigenvalue weighted by Crippen LogP contribution is -2.06. The van der Waals surface area contributed by atoms with Gasteiger partial charge in [0.2, 0.25) is 0 Å². The number of nitrogens with one attached hydrogen (secondary N) is 1. The van der Waals surface area contributed by atoms with Crippen LogP contribution in [0.4, 0.5) is 0 Å². The minimum Gasteiger partial charge on any atom is -0.313 e. The summed E-state index contributed by atoms with van der Waals surface area (Å²) in [6, 6.07) is 12.6. The summed E-state index contributed by atoms with van der Waals surface area (Å²) in [5, 5.41) is 0.638. The number of rotatable bonds is 1. The summed E-state index contributed by atoms with van der Waals surface area (Å²) in [6.45, 7) is 0. The van der Waals surface area contributed by atoms with E-state index >= 15 is 0 Å². The number of hydrogen-bond acceptors (Lipinski definition) is 2. The third-order valence-corrected chi connectivity index (χ3v) is 4.32. The van der Waals surface area contributed by atoms with Gasteiger partial charge < -0.3 is 4.98 Å². The number of nitrogens with zero attached hydrogens (tertiary/aromatic N) is 1. The highest BCUT2D eigenvalue weighted by molar-refractivity contribution is 5.83. The molecule has 21 heavy (non-hydrogen) atoms. The van der Waals surface area contributed by atoms with Gasteiger partial charge in [0.25, 0.3) is 5.56 Å². The van der Waals surface area contributed by atoms with Gasteiger partial charge in [-0.2, -0.15) is 0 Å². The highest BCUT2D eigenvalue weighted by Gasteiger charge is 2.10. The molecule has 2 aromatic carbocycles. The molecule has 0 aliphatic heterocycles. The van der Waals surface area contributed by atoms with Crippen LogP contribution in [0.5, 0.6) is 0 Å². The molecular formula is C18H16N2O. The molecule has 104 valence electrons. The van der Waals surface area contributed by atoms with Gasteiger partial charge in [-0.15, -0.1) is 0 Å². The molecule has 1 aromatic heterocycles. The Bertz CT molecular complexity index is 880. The predicted molar refractivity (Wildman–Crippen MR) is 84.4 cm³/mol. The first-order valence-electron chi connectivity index (χ1n) is 7.41. The SMILES string of the molecule is O=c1[nH]cnc2cc(-c3ccc4c(c3)CCCC4)ccc12. The third-order valence-electron chi connectivity index (χ3n) is 4.32. The molecule has 1 aliphatic rings. The van der Waals surface area contributed by atoms with Crippen LogP contribution in [0, 0.1) is 0 Å². The van der Waals surface area contributed by atoms with Crippen molar-refractivity contribution in [2.45, 2.75) is 25.7 Å². The van der Waals surface area contributed by atoms with Gasteiger partial charge in [0.05, 0.1) is 17.2 Å². The van der Waals surface area contributed by atoms with Crippen molar-refractivity contribution in [1.82, 2.24) is 9.97 Å². The van der Waals surface area contributed by atoms with E-state index in [-0.39, 0.29) is 5.56 Å². The highest BCUT2D eigenvalue weighted by atomic mass is 16.1. The number of H-pyrrole nitrogens is 1. The van der Waals surface area contributed by atoms with Crippen LogP contribution in [0.15, 0.2) is 47.5 Å². The van der Waals surface area contributed by atoms with Gasteiger partial charge in [-0.05, 0) is 60.1 Å². The molecule has 0 saturated heterocycles. The van der Waals surface area contributed by atoms with Crippen molar-refractivity contribution in [2.24, 2.45) is 0 Å². The van der Waals surface area contributed by atoms with Crippen molar-refractivity contribution < 1.29 is 0 Å². The van der Waals surface area contributed by atoms with Crippen molar-refractivity contribution in [1.29, 1.82) is 0 Å². The molecule has 0 unspecified atom stereocenters. The maximum absolute atomic E-state index is 11.7. The van der Waals surface area contributed by atoms with E-state index in [0.717, 1.165) is 11.1 Å². The van der Waals surface area contributed by atoms with Crippen molar-refractivity contribution >= 4 is 10.9 Å². The summed E-state index contributed by atoms with van der Waals surface area (Å²) in [4.78, 5) is 18.6. The molecule has 3 heteroatoms. The van der Waals surface area contributed by atoms with Gasteiger partial charge in [0.15, 0.2) is 0 Å². The third kappa shape index (κ3) is 2.15. The van der Waals surface area contributed by atoms with Crippen molar-refractivity contribution in [2.75, 3.05) is 0 Å². The van der Waals surface area contributed by atoms with Gasteiger partial charge >= 0.3 is 0 Å². The van der Waals surface area contributed by atoms with Crippen molar-refractivity contribution in [3.63, 3.8) is 0 Å². The standard InChI is InChI=1S/C18H16N2O/c21-18-16-8-7-15(10-17(16)19-11-20-18)14-6-5-12-3-1-2-4-13(12)9-14/h5-11H,1-4H2,(H,19,20,21). The fourth-order valence-corrected chi connectivity index (χ4v) is 3.16. The second-order valence-corrected chi connectivity index (χ2v) is 5.65. The first kappa shape index (κ1) is 12.3. The second kappa shape index (κ2) is 4.85. The molecule has 0 saturated carbocycles. The molecule has 0 bridgehead atoms. The van der Waals surface area contributed by atoms with Gasteiger partial charge in [-0.25, -0.2) is 4.98 Å². The lowest BCUT2D eigenvalue weighted by molar-refractivity contribution is 0.686. The van der Waals surface area contributed by atoms with E-state index in [1.807, 2.05) is 18.2 Å². The number of benzene rings is 2. The number of hydrogen-bond donors (Lipinski definition) is 1. The molecule has 0 amide bonds. The summed E-state index contributed by atoms with van der Waals surface area (Å²) in [5.41, 5.74) is 5.94. The van der Waals surface area contributed by atoms with E-state index in [9.17, 15) is 4.79 Å². The maximum atomic E-state index is 11.7. The molecule has 1 N–H and O–H groups in total. The van der Waals surface area contributed by atoms with Crippen LogP contribution in [0.25, 0.3) is 22.0 Å². The highest BCUT2D eigenvalue weighted by Crippen LogP contribution is 2.28. The van der Waals surface area contributed by atoms with Gasteiger partial charge in [0, 0.05) is 0 Å². The molecule has 0 fully saturated rings. The Kier molecular flexibility index (Phi) is 2.85. The average Bonchev–Trinajstić information content (AvgIpc) is 2.54. The fourth-order valence-electron chi connectivity index (χ4n) is 3.16. The van der Waals surface area contributed by atoms with Crippen molar-refractivity contribution in [3.05, 3.63) is 64.2 Å². The Morgan fingerprint density at radius 1 is 0.905 bits per heavy atom. The van der Waals surface area contributed by atoms with Crippen LogP contribution < -0.4 is 5.56 Å². The van der Waals surface area contributed by atoms with Crippen LogP contribution in [0.3, 0.4) is 0 Å². The molecule has 1 aliphatic carbocycles. The Morgan fingerprint density at radius 2 is 1.67 bits per heavy atom. The topological polar surface area (TPSA) is 45.8 Å². The zero-order valence-electron chi connectivity index (χ0n) is 11.7. The molecular weight excluding hydrogens is 260 g/mol. The van der Waals surface area contributed by atoms with Gasteiger partial charge in [-0.3, -0.25) is 4.79 Å². The summed E-state index contributed by atoms with van der Waals surface area (Å²) in [7, 11) is 0. The minimum atomic E-state index is -0.0861. The van der Waals surface area contributed by atoms with Crippen LogP contribution in [-0.2, 0) is 12.8 Å². The zero-order valence-corrected chi connectivity index (χ0v) is 11.7. The summed E-state index contributed by atoms with van der Waals surface area (Å²) >= 11 is 0. The number of aromatic amines is 1. The molecule has 3 aromatic rings. The lowest BCUT2D eigenvalue weighted by Gasteiger charge is -2.16. The monoisotopic (exact) mass is 276 g/mol. The van der Waals surface area contributed by atoms with E-state index in [1.54, 1.807) is 0 Å². The molecule has 0 atom stereocenters. The van der Waals surface area contributed by atoms with Crippen LogP contribution in [0.2, 0.25) is 0 Å². The van der Waals surface area contributed by atoms with Crippen LogP contribution in [0.1, 0.15) is 24.0 Å².